The monoisotopic (exact) mass is 381 g/mol. The van der Waals surface area contributed by atoms with Gasteiger partial charge in [0.15, 0.2) is 5.58 Å². The van der Waals surface area contributed by atoms with E-state index >= 15 is 0 Å². The van der Waals surface area contributed by atoms with Crippen LogP contribution in [0, 0.1) is 10.1 Å². The van der Waals surface area contributed by atoms with Crippen LogP contribution in [0.4, 0.5) is 11.4 Å². The molecule has 8 heteroatoms. The molecule has 0 aliphatic rings. The van der Waals surface area contributed by atoms with Crippen LogP contribution in [-0.4, -0.2) is 36.1 Å². The first-order valence-corrected chi connectivity index (χ1v) is 8.54. The molecular formula is C20H19N3O5. The summed E-state index contributed by atoms with van der Waals surface area (Å²) in [5.74, 6) is -0.0214. The summed E-state index contributed by atoms with van der Waals surface area (Å²) < 4.78 is 10.9. The van der Waals surface area contributed by atoms with Gasteiger partial charge in [-0.1, -0.05) is 6.58 Å². The molecule has 28 heavy (non-hydrogen) atoms. The smallest absolute Gasteiger partial charge is 0.333 e. The minimum Gasteiger partial charge on any atom is -0.460 e. The lowest BCUT2D eigenvalue weighted by Gasteiger charge is -2.18. The predicted octanol–water partition coefficient (Wildman–Crippen LogP) is 3.96. The van der Waals surface area contributed by atoms with Gasteiger partial charge in [0.05, 0.1) is 11.5 Å². The normalized spacial score (nSPS) is 10.6. The highest BCUT2D eigenvalue weighted by Gasteiger charge is 2.12. The fourth-order valence-electron chi connectivity index (χ4n) is 2.53. The molecule has 0 spiro atoms. The Morgan fingerprint density at radius 2 is 2.00 bits per heavy atom. The van der Waals surface area contributed by atoms with Crippen molar-refractivity contribution >= 4 is 28.4 Å². The lowest BCUT2D eigenvalue weighted by molar-refractivity contribution is -0.384. The maximum Gasteiger partial charge on any atom is 0.333 e. The Morgan fingerprint density at radius 1 is 1.29 bits per heavy atom. The van der Waals surface area contributed by atoms with E-state index < -0.39 is 10.9 Å². The van der Waals surface area contributed by atoms with Crippen molar-refractivity contribution in [3.05, 3.63) is 64.7 Å². The van der Waals surface area contributed by atoms with E-state index in [-0.39, 0.29) is 12.3 Å². The average molecular weight is 381 g/mol. The maximum atomic E-state index is 11.4. The number of non-ortho nitro benzene ring substituents is 1. The highest BCUT2D eigenvalue weighted by molar-refractivity contribution is 5.87. The van der Waals surface area contributed by atoms with Crippen molar-refractivity contribution in [1.82, 2.24) is 4.98 Å². The van der Waals surface area contributed by atoms with Crippen LogP contribution in [0.5, 0.6) is 0 Å². The second kappa shape index (κ2) is 7.91. The number of carbonyl (C=O) groups excluding carboxylic acids is 1. The fraction of sp³-hybridized carbons (Fsp3) is 0.200. The molecule has 0 amide bonds. The van der Waals surface area contributed by atoms with Gasteiger partial charge in [-0.25, -0.2) is 9.78 Å². The number of nitro groups is 1. The van der Waals surface area contributed by atoms with Gasteiger partial charge in [-0.05, 0) is 31.2 Å². The summed E-state index contributed by atoms with van der Waals surface area (Å²) in [6.45, 7) is 5.90. The number of oxazole rings is 1. The number of anilines is 1. The predicted molar refractivity (Wildman–Crippen MR) is 105 cm³/mol. The number of ether oxygens (including phenoxy) is 1. The number of benzene rings is 2. The summed E-state index contributed by atoms with van der Waals surface area (Å²) in [6, 6.07) is 11.6. The second-order valence-electron chi connectivity index (χ2n) is 6.31. The van der Waals surface area contributed by atoms with Gasteiger partial charge in [-0.15, -0.1) is 0 Å². The minimum absolute atomic E-state index is 0.0103. The first kappa shape index (κ1) is 19.1. The summed E-state index contributed by atoms with van der Waals surface area (Å²) in [4.78, 5) is 28.1. The first-order chi connectivity index (χ1) is 13.3. The summed E-state index contributed by atoms with van der Waals surface area (Å²) in [5, 5.41) is 10.8. The molecule has 0 unspecified atom stereocenters. The highest BCUT2D eigenvalue weighted by Crippen LogP contribution is 2.28. The summed E-state index contributed by atoms with van der Waals surface area (Å²) in [7, 11) is 1.88. The zero-order chi connectivity index (χ0) is 20.3. The number of likely N-dealkylation sites (N-methyl/N-ethyl adjacent to an activating group) is 1. The van der Waals surface area contributed by atoms with Crippen molar-refractivity contribution < 1.29 is 18.9 Å². The number of fused-ring (bicyclic) bond motifs is 1. The third-order valence-corrected chi connectivity index (χ3v) is 4.15. The third kappa shape index (κ3) is 4.17. The molecule has 3 rings (SSSR count). The number of esters is 1. The quantitative estimate of drug-likeness (QED) is 0.264. The molecule has 0 atom stereocenters. The number of rotatable bonds is 7. The van der Waals surface area contributed by atoms with E-state index in [9.17, 15) is 14.9 Å². The molecule has 8 nitrogen and oxygen atoms in total. The van der Waals surface area contributed by atoms with Crippen molar-refractivity contribution in [1.29, 1.82) is 0 Å². The van der Waals surface area contributed by atoms with E-state index in [4.69, 9.17) is 9.15 Å². The number of nitro benzene ring substituents is 1. The minimum atomic E-state index is -0.453. The number of carbonyl (C=O) groups is 1. The molecule has 0 N–H and O–H groups in total. The lowest BCUT2D eigenvalue weighted by Crippen LogP contribution is -2.23. The average Bonchev–Trinajstić information content (AvgIpc) is 3.11. The molecule has 1 heterocycles. The van der Waals surface area contributed by atoms with Gasteiger partial charge in [-0.2, -0.15) is 0 Å². The topological polar surface area (TPSA) is 98.7 Å². The number of hydrogen-bond acceptors (Lipinski definition) is 7. The second-order valence-corrected chi connectivity index (χ2v) is 6.31. The molecule has 3 aromatic rings. The summed E-state index contributed by atoms with van der Waals surface area (Å²) in [6.07, 6.45) is 0. The van der Waals surface area contributed by atoms with E-state index in [0.717, 1.165) is 5.69 Å². The Labute approximate surface area is 161 Å². The van der Waals surface area contributed by atoms with Gasteiger partial charge >= 0.3 is 5.97 Å². The molecule has 0 bridgehead atoms. The molecule has 1 aromatic heterocycles. The van der Waals surface area contributed by atoms with Gasteiger partial charge < -0.3 is 14.1 Å². The van der Waals surface area contributed by atoms with Crippen molar-refractivity contribution in [2.24, 2.45) is 0 Å². The van der Waals surface area contributed by atoms with Gasteiger partial charge in [0.25, 0.3) is 5.69 Å². The van der Waals surface area contributed by atoms with Gasteiger partial charge in [0.1, 0.15) is 12.1 Å². The fourth-order valence-corrected chi connectivity index (χ4v) is 2.53. The van der Waals surface area contributed by atoms with Gasteiger partial charge in [0.2, 0.25) is 5.89 Å². The van der Waals surface area contributed by atoms with Crippen molar-refractivity contribution in [2.45, 2.75) is 6.92 Å². The van der Waals surface area contributed by atoms with Crippen molar-refractivity contribution in [3.63, 3.8) is 0 Å². The van der Waals surface area contributed by atoms with E-state index in [1.54, 1.807) is 19.1 Å². The SMILES string of the molecule is C=C(C)C(=O)OCCN(C)c1ccc2nc(-c3ccc([N+](=O)[O-])cc3)oc2c1. The summed E-state index contributed by atoms with van der Waals surface area (Å²) >= 11 is 0. The molecule has 0 aliphatic carbocycles. The van der Waals surface area contributed by atoms with Crippen LogP contribution < -0.4 is 4.90 Å². The molecule has 144 valence electrons. The lowest BCUT2D eigenvalue weighted by atomic mass is 10.2. The summed E-state index contributed by atoms with van der Waals surface area (Å²) in [5.41, 5.74) is 3.19. The largest absolute Gasteiger partial charge is 0.460 e. The van der Waals surface area contributed by atoms with E-state index in [1.807, 2.05) is 30.1 Å². The van der Waals surface area contributed by atoms with Crippen molar-refractivity contribution in [3.8, 4) is 11.5 Å². The molecule has 0 saturated carbocycles. The van der Waals surface area contributed by atoms with Crippen LogP contribution in [0.1, 0.15) is 6.92 Å². The Hall–Kier alpha value is -3.68. The van der Waals surface area contributed by atoms with E-state index in [0.29, 0.717) is 34.7 Å². The molecule has 0 saturated heterocycles. The zero-order valence-corrected chi connectivity index (χ0v) is 15.5. The Bertz CT molecular complexity index is 1040. The van der Waals surface area contributed by atoms with Gasteiger partial charge in [-0.3, -0.25) is 10.1 Å². The number of nitrogens with zero attached hydrogens (tertiary/aromatic N) is 3. The van der Waals surface area contributed by atoms with Crippen LogP contribution in [-0.2, 0) is 9.53 Å². The maximum absolute atomic E-state index is 11.4. The van der Waals surface area contributed by atoms with Crippen LogP contribution in [0.3, 0.4) is 0 Å². The highest BCUT2D eigenvalue weighted by atomic mass is 16.6. The van der Waals surface area contributed by atoms with Crippen LogP contribution >= 0.6 is 0 Å². The van der Waals surface area contributed by atoms with Gasteiger partial charge in [0, 0.05) is 42.1 Å². The molecule has 0 fully saturated rings. The third-order valence-electron chi connectivity index (χ3n) is 4.15. The first-order valence-electron chi connectivity index (χ1n) is 8.54. The number of aromatic nitrogens is 1. The standard InChI is InChI=1S/C20H19N3O5/c1-13(2)20(24)27-11-10-22(3)16-8-9-17-18(12-16)28-19(21-17)14-4-6-15(7-5-14)23(25)26/h4-9,12H,1,10-11H2,2-3H3. The Morgan fingerprint density at radius 3 is 2.64 bits per heavy atom. The van der Waals surface area contributed by atoms with E-state index in [1.165, 1.54) is 12.1 Å². The zero-order valence-electron chi connectivity index (χ0n) is 15.5. The Kier molecular flexibility index (Phi) is 5.39. The van der Waals surface area contributed by atoms with Crippen LogP contribution in [0.2, 0.25) is 0 Å². The Balaban J connectivity index is 1.74. The molecule has 2 aromatic carbocycles. The molecular weight excluding hydrogens is 362 g/mol. The molecule has 0 radical (unpaired) electrons. The number of hydrogen-bond donors (Lipinski definition) is 0. The van der Waals surface area contributed by atoms with E-state index in [2.05, 4.69) is 11.6 Å². The van der Waals surface area contributed by atoms with Crippen LogP contribution in [0.15, 0.2) is 59.0 Å². The van der Waals surface area contributed by atoms with Crippen molar-refractivity contribution in [2.75, 3.05) is 25.1 Å². The van der Waals surface area contributed by atoms with Crippen LogP contribution in [0.25, 0.3) is 22.6 Å². The molecule has 0 aliphatic heterocycles.